The molecule has 2 saturated heterocycles. The number of esters is 1. The van der Waals surface area contributed by atoms with Crippen LogP contribution in [0.3, 0.4) is 0 Å². The van der Waals surface area contributed by atoms with E-state index in [4.69, 9.17) is 9.47 Å². The number of amides is 3. The lowest BCUT2D eigenvalue weighted by atomic mass is 9.77. The molecule has 0 aliphatic carbocycles. The summed E-state index contributed by atoms with van der Waals surface area (Å²) in [4.78, 5) is 60.4. The quantitative estimate of drug-likeness (QED) is 0.430. The Morgan fingerprint density at radius 2 is 1.76 bits per heavy atom. The summed E-state index contributed by atoms with van der Waals surface area (Å²) in [6, 6.07) is 6.88. The second-order valence-electron chi connectivity index (χ2n) is 12.1. The second kappa shape index (κ2) is 11.6. The number of nitrogens with zero attached hydrogens (tertiary/aromatic N) is 3. The number of aliphatic hydroxyl groups excluding tert-OH is 1. The van der Waals surface area contributed by atoms with Gasteiger partial charge in [0.2, 0.25) is 17.7 Å². The molecule has 0 unspecified atom stereocenters. The number of rotatable bonds is 4. The third-order valence-corrected chi connectivity index (χ3v) is 9.26. The first-order valence-corrected chi connectivity index (χ1v) is 14.8. The van der Waals surface area contributed by atoms with E-state index in [2.05, 4.69) is 0 Å². The summed E-state index contributed by atoms with van der Waals surface area (Å²) in [7, 11) is 1.70. The number of ether oxygens (including phenoxy) is 2. The van der Waals surface area contributed by atoms with Gasteiger partial charge in [-0.15, -0.1) is 0 Å². The highest BCUT2D eigenvalue weighted by molar-refractivity contribution is 5.99. The molecule has 0 saturated carbocycles. The normalized spacial score (nSPS) is 35.2. The van der Waals surface area contributed by atoms with E-state index in [0.29, 0.717) is 13.0 Å². The smallest absolute Gasteiger partial charge is 0.313 e. The molecule has 42 heavy (non-hydrogen) atoms. The lowest BCUT2D eigenvalue weighted by Gasteiger charge is -2.38. The van der Waals surface area contributed by atoms with Gasteiger partial charge in [-0.25, -0.2) is 0 Å². The zero-order chi connectivity index (χ0) is 30.3. The average molecular weight is 580 g/mol. The van der Waals surface area contributed by atoms with Crippen LogP contribution in [0, 0.1) is 11.8 Å². The molecule has 4 aliphatic heterocycles. The van der Waals surface area contributed by atoms with Gasteiger partial charge in [0, 0.05) is 26.1 Å². The van der Waals surface area contributed by atoms with Crippen LogP contribution in [-0.2, 0) is 28.7 Å². The molecule has 1 spiro atoms. The van der Waals surface area contributed by atoms with Crippen LogP contribution < -0.4 is 0 Å². The van der Waals surface area contributed by atoms with Crippen LogP contribution in [0.1, 0.15) is 52.2 Å². The molecule has 3 amide bonds. The van der Waals surface area contributed by atoms with E-state index in [1.54, 1.807) is 42.0 Å². The maximum Gasteiger partial charge on any atom is 0.313 e. The molecule has 0 bridgehead atoms. The monoisotopic (exact) mass is 579 g/mol. The van der Waals surface area contributed by atoms with E-state index in [9.17, 15) is 24.3 Å². The van der Waals surface area contributed by atoms with Gasteiger partial charge in [0.25, 0.3) is 0 Å². The number of carbonyl (C=O) groups excluding carboxylic acids is 4. The minimum atomic E-state index is -1.43. The Labute approximate surface area is 246 Å². The number of likely N-dealkylation sites (tertiary alicyclic amines) is 1. The summed E-state index contributed by atoms with van der Waals surface area (Å²) >= 11 is 0. The van der Waals surface area contributed by atoms with Crippen molar-refractivity contribution in [1.82, 2.24) is 14.7 Å². The largest absolute Gasteiger partial charge is 0.455 e. The van der Waals surface area contributed by atoms with E-state index >= 15 is 0 Å². The first kappa shape index (κ1) is 30.0. The van der Waals surface area contributed by atoms with E-state index in [1.165, 1.54) is 4.90 Å². The summed E-state index contributed by atoms with van der Waals surface area (Å²) in [5.74, 6) is -3.52. The SMILES string of the molecule is CC(C)N1CC=C[C@]23O[C@@H]4/C=C\CCC(=O)N(C)[C@H](C)[C@@H](c5ccccc5)OC(=O)[C@@H]4[C@H]2C(=O)N([C@H](C)CO)[C@@H]3C1=O. The Morgan fingerprint density at radius 1 is 1.05 bits per heavy atom. The van der Waals surface area contributed by atoms with E-state index in [0.717, 1.165) is 5.56 Å². The van der Waals surface area contributed by atoms with Crippen molar-refractivity contribution in [1.29, 1.82) is 0 Å². The highest BCUT2D eigenvalue weighted by Gasteiger charge is 2.72. The van der Waals surface area contributed by atoms with Crippen LogP contribution in [0.2, 0.25) is 0 Å². The van der Waals surface area contributed by atoms with Crippen molar-refractivity contribution >= 4 is 23.7 Å². The lowest BCUT2D eigenvalue weighted by molar-refractivity contribution is -0.164. The van der Waals surface area contributed by atoms with Gasteiger partial charge in [-0.3, -0.25) is 19.2 Å². The molecule has 226 valence electrons. The van der Waals surface area contributed by atoms with Crippen molar-refractivity contribution in [3.05, 3.63) is 60.2 Å². The molecule has 4 aliphatic rings. The van der Waals surface area contributed by atoms with E-state index in [1.807, 2.05) is 57.2 Å². The minimum absolute atomic E-state index is 0.0843. The van der Waals surface area contributed by atoms with Crippen molar-refractivity contribution in [2.24, 2.45) is 11.8 Å². The third-order valence-electron chi connectivity index (χ3n) is 9.26. The second-order valence-corrected chi connectivity index (χ2v) is 12.1. The molecular formula is C32H41N3O7. The summed E-state index contributed by atoms with van der Waals surface area (Å²) in [5, 5.41) is 10.1. The van der Waals surface area contributed by atoms with Crippen molar-refractivity contribution in [3.63, 3.8) is 0 Å². The van der Waals surface area contributed by atoms with Crippen molar-refractivity contribution < 1.29 is 33.8 Å². The van der Waals surface area contributed by atoms with E-state index in [-0.39, 0.29) is 30.9 Å². The van der Waals surface area contributed by atoms with Crippen molar-refractivity contribution in [2.45, 2.75) is 82.5 Å². The maximum absolute atomic E-state index is 14.3. The zero-order valence-corrected chi connectivity index (χ0v) is 24.9. The highest BCUT2D eigenvalue weighted by atomic mass is 16.6. The van der Waals surface area contributed by atoms with Crippen molar-refractivity contribution in [2.75, 3.05) is 20.2 Å². The number of cyclic esters (lactones) is 1. The van der Waals surface area contributed by atoms with Gasteiger partial charge in [0.1, 0.15) is 23.7 Å². The number of fused-ring (bicyclic) bond motifs is 2. The number of hydrogen-bond donors (Lipinski definition) is 1. The van der Waals surface area contributed by atoms with Crippen LogP contribution in [0.5, 0.6) is 0 Å². The van der Waals surface area contributed by atoms with Crippen LogP contribution in [0.25, 0.3) is 0 Å². The number of allylic oxidation sites excluding steroid dienone is 1. The van der Waals surface area contributed by atoms with Crippen LogP contribution in [0.15, 0.2) is 54.6 Å². The standard InChI is InChI=1S/C32H41N3O7/c1-19(2)34-17-11-16-32-26(29(38)35(20(3)18-36)28(32)30(34)39)25-23(42-32)14-9-10-15-24(37)33(5)21(4)27(41-31(25)40)22-12-7-6-8-13-22/h6-9,11-14,16,19-21,23,25-28,36H,10,15,17-18H2,1-5H3/b14-9-/t20-,21-,23-,25+,26+,27+,28-,32+/m1/s1. The summed E-state index contributed by atoms with van der Waals surface area (Å²) in [5.41, 5.74) is -0.709. The summed E-state index contributed by atoms with van der Waals surface area (Å²) in [6.07, 6.45) is 6.14. The molecule has 0 radical (unpaired) electrons. The zero-order valence-electron chi connectivity index (χ0n) is 24.9. The number of carbonyl (C=O) groups is 4. The molecule has 10 heteroatoms. The van der Waals surface area contributed by atoms with Gasteiger partial charge in [0.15, 0.2) is 0 Å². The maximum atomic E-state index is 14.3. The number of benzene rings is 1. The predicted molar refractivity (Wildman–Crippen MR) is 154 cm³/mol. The molecule has 8 atom stereocenters. The molecule has 1 aromatic rings. The van der Waals surface area contributed by atoms with Gasteiger partial charge in [0.05, 0.1) is 30.7 Å². The van der Waals surface area contributed by atoms with Crippen LogP contribution in [0.4, 0.5) is 0 Å². The fourth-order valence-corrected chi connectivity index (χ4v) is 6.87. The fourth-order valence-electron chi connectivity index (χ4n) is 6.87. The number of aliphatic hydroxyl groups is 1. The van der Waals surface area contributed by atoms with E-state index < -0.39 is 59.6 Å². The lowest BCUT2D eigenvalue weighted by Crippen LogP contribution is -2.58. The summed E-state index contributed by atoms with van der Waals surface area (Å²) < 4.78 is 12.9. The Balaban J connectivity index is 1.63. The molecule has 2 fully saturated rings. The Hall–Kier alpha value is -3.50. The highest BCUT2D eigenvalue weighted by Crippen LogP contribution is 2.54. The molecule has 0 aromatic heterocycles. The Bertz CT molecular complexity index is 1280. The number of likely N-dealkylation sites (N-methyl/N-ethyl adjacent to an activating group) is 1. The molecule has 1 N–H and O–H groups in total. The molecular weight excluding hydrogens is 538 g/mol. The first-order chi connectivity index (χ1) is 20.0. The summed E-state index contributed by atoms with van der Waals surface area (Å²) in [6.45, 7) is 7.32. The predicted octanol–water partition coefficient (Wildman–Crippen LogP) is 2.24. The fraction of sp³-hybridized carbons (Fsp3) is 0.562. The topological polar surface area (TPSA) is 117 Å². The van der Waals surface area contributed by atoms with Gasteiger partial charge in [-0.05, 0) is 39.7 Å². The molecule has 4 heterocycles. The van der Waals surface area contributed by atoms with Gasteiger partial charge >= 0.3 is 5.97 Å². The van der Waals surface area contributed by atoms with Gasteiger partial charge in [-0.2, -0.15) is 0 Å². The minimum Gasteiger partial charge on any atom is -0.455 e. The number of hydrogen-bond acceptors (Lipinski definition) is 7. The molecule has 10 nitrogen and oxygen atoms in total. The van der Waals surface area contributed by atoms with Gasteiger partial charge in [-0.1, -0.05) is 54.6 Å². The molecule has 1 aromatic carbocycles. The Kier molecular flexibility index (Phi) is 8.31. The Morgan fingerprint density at radius 3 is 2.43 bits per heavy atom. The first-order valence-electron chi connectivity index (χ1n) is 14.8. The van der Waals surface area contributed by atoms with Crippen LogP contribution in [-0.4, -0.2) is 99.6 Å². The average Bonchev–Trinajstić information content (AvgIpc) is 3.37. The van der Waals surface area contributed by atoms with Crippen LogP contribution >= 0.6 is 0 Å². The molecule has 5 rings (SSSR count). The van der Waals surface area contributed by atoms with Crippen molar-refractivity contribution in [3.8, 4) is 0 Å². The third kappa shape index (κ3) is 4.84. The van der Waals surface area contributed by atoms with Gasteiger partial charge < -0.3 is 29.3 Å².